The van der Waals surface area contributed by atoms with Gasteiger partial charge in [0.15, 0.2) is 5.60 Å². The Morgan fingerprint density at radius 3 is 2.51 bits per heavy atom. The Kier molecular flexibility index (Phi) is 7.15. The van der Waals surface area contributed by atoms with Crippen LogP contribution in [0.3, 0.4) is 0 Å². The van der Waals surface area contributed by atoms with Gasteiger partial charge in [0.2, 0.25) is 5.78 Å². The normalized spacial score (nSPS) is 48.2. The van der Waals surface area contributed by atoms with E-state index in [1.165, 1.54) is 5.57 Å². The molecule has 4 aliphatic carbocycles. The predicted molar refractivity (Wildman–Crippen MR) is 153 cm³/mol. The summed E-state index contributed by atoms with van der Waals surface area (Å²) in [5.41, 5.74) is -0.891. The number of Topliss-reactive ketones (excluding diaryl/α,β-unsaturated/α-hetero) is 1. The minimum Gasteiger partial charge on any atom is -0.511 e. The Balaban J connectivity index is 1.77. The topological polar surface area (TPSA) is 83.8 Å². The molecule has 212 valence electrons. The van der Waals surface area contributed by atoms with Crippen LogP contribution in [0.5, 0.6) is 0 Å². The number of esters is 1. The smallest absolute Gasteiger partial charge is 0.346 e. The lowest BCUT2D eigenvalue weighted by atomic mass is 9.51. The van der Waals surface area contributed by atoms with E-state index in [0.29, 0.717) is 19.3 Å². The number of hydrogen-bond acceptors (Lipinski definition) is 5. The van der Waals surface area contributed by atoms with Crippen molar-refractivity contribution in [2.45, 2.75) is 98.2 Å². The minimum atomic E-state index is -1.39. The van der Waals surface area contributed by atoms with Crippen LogP contribution in [0.25, 0.3) is 0 Å². The zero-order valence-corrected chi connectivity index (χ0v) is 24.5. The van der Waals surface area contributed by atoms with Crippen molar-refractivity contribution in [3.63, 3.8) is 0 Å². The van der Waals surface area contributed by atoms with Crippen molar-refractivity contribution in [1.29, 1.82) is 0 Å². The van der Waals surface area contributed by atoms with E-state index in [0.717, 1.165) is 31.3 Å². The van der Waals surface area contributed by atoms with Gasteiger partial charge in [-0.1, -0.05) is 68.4 Å². The number of rotatable bonds is 2. The first-order valence-corrected chi connectivity index (χ1v) is 15.1. The van der Waals surface area contributed by atoms with E-state index in [9.17, 15) is 19.8 Å². The Bertz CT molecular complexity index is 1200. The first-order chi connectivity index (χ1) is 18.5. The van der Waals surface area contributed by atoms with Gasteiger partial charge in [-0.2, -0.15) is 0 Å². The number of allylic oxidation sites excluding steroid dienone is 6. The van der Waals surface area contributed by atoms with Crippen LogP contribution >= 0.6 is 0 Å². The quantitative estimate of drug-likeness (QED) is 0.228. The maximum Gasteiger partial charge on any atom is 0.346 e. The lowest BCUT2D eigenvalue weighted by molar-refractivity contribution is -0.162. The molecule has 0 aromatic carbocycles. The average Bonchev–Trinajstić information content (AvgIpc) is 3.15. The summed E-state index contributed by atoms with van der Waals surface area (Å²) in [5, 5.41) is 23.5. The summed E-state index contributed by atoms with van der Waals surface area (Å²) in [7, 11) is 0. The molecule has 0 aromatic heterocycles. The maximum atomic E-state index is 14.7. The SMILES string of the molecule is CCC1CC23OC(=O)/C(=C(\O)C4(CC)C(C=CC5C(O)C(C)CCC54)C/C=C/C/C(C)=C/C2(C)C=C1C)C3=O. The van der Waals surface area contributed by atoms with Gasteiger partial charge in [-0.25, -0.2) is 4.79 Å². The number of hydrogen-bond donors (Lipinski definition) is 2. The molecular weight excluding hydrogens is 488 g/mol. The van der Waals surface area contributed by atoms with Crippen molar-refractivity contribution < 1.29 is 24.5 Å². The first kappa shape index (κ1) is 28.1. The summed E-state index contributed by atoms with van der Waals surface area (Å²) in [5.74, 6) is -1.23. The number of carbonyl (C=O) groups excluding carboxylic acids is 2. The lowest BCUT2D eigenvalue weighted by Gasteiger charge is -2.54. The summed E-state index contributed by atoms with van der Waals surface area (Å²) in [6.07, 6.45) is 17.2. The molecule has 5 rings (SSSR count). The van der Waals surface area contributed by atoms with Crippen LogP contribution in [-0.2, 0) is 14.3 Å². The number of ketones is 1. The summed E-state index contributed by atoms with van der Waals surface area (Å²) >= 11 is 0. The standard InChI is InChI=1S/C34H46O5/c1-7-23-19-34-30(37)27(31(38)39-34)29(36)33(8-2)24(14-15-25-26(33)16-13-21(4)28(25)35)12-10-9-11-20(3)17-32(34,6)18-22(23)5/h9-10,14-15,17-18,21,23-26,28,35-36H,7-8,11-13,16,19H2,1-6H3/b10-9+,20-17+,29-27-. The molecule has 9 unspecified atom stereocenters. The van der Waals surface area contributed by atoms with Gasteiger partial charge in [0.05, 0.1) is 11.5 Å². The van der Waals surface area contributed by atoms with Crippen molar-refractivity contribution in [2.24, 2.45) is 40.4 Å². The van der Waals surface area contributed by atoms with Crippen LogP contribution < -0.4 is 0 Å². The van der Waals surface area contributed by atoms with Crippen molar-refractivity contribution >= 4 is 11.8 Å². The summed E-state index contributed by atoms with van der Waals surface area (Å²) < 4.78 is 6.24. The largest absolute Gasteiger partial charge is 0.511 e. The van der Waals surface area contributed by atoms with Gasteiger partial charge in [-0.15, -0.1) is 0 Å². The van der Waals surface area contributed by atoms with Crippen LogP contribution in [-0.4, -0.2) is 33.7 Å². The highest BCUT2D eigenvalue weighted by atomic mass is 16.6. The fraction of sp³-hybridized carbons (Fsp3) is 0.647. The lowest BCUT2D eigenvalue weighted by Crippen LogP contribution is -2.54. The minimum absolute atomic E-state index is 0.0741. The predicted octanol–water partition coefficient (Wildman–Crippen LogP) is 6.95. The van der Waals surface area contributed by atoms with Gasteiger partial charge in [-0.05, 0) is 83.0 Å². The molecule has 2 N–H and O–H groups in total. The Morgan fingerprint density at radius 2 is 1.82 bits per heavy atom. The Morgan fingerprint density at radius 1 is 1.08 bits per heavy atom. The molecular formula is C34H46O5. The van der Waals surface area contributed by atoms with E-state index in [-0.39, 0.29) is 46.7 Å². The van der Waals surface area contributed by atoms with Crippen LogP contribution in [0.1, 0.15) is 86.5 Å². The second-order valence-corrected chi connectivity index (χ2v) is 13.3. The van der Waals surface area contributed by atoms with Gasteiger partial charge in [0.25, 0.3) is 0 Å². The van der Waals surface area contributed by atoms with Crippen molar-refractivity contribution in [1.82, 2.24) is 0 Å². The molecule has 1 aliphatic heterocycles. The molecule has 5 nitrogen and oxygen atoms in total. The summed E-state index contributed by atoms with van der Waals surface area (Å²) in [6, 6.07) is 0. The third kappa shape index (κ3) is 3.97. The van der Waals surface area contributed by atoms with E-state index in [4.69, 9.17) is 4.74 Å². The molecule has 0 amide bonds. The molecule has 0 radical (unpaired) electrons. The van der Waals surface area contributed by atoms with Crippen molar-refractivity contribution in [3.8, 4) is 0 Å². The zero-order chi connectivity index (χ0) is 28.3. The van der Waals surface area contributed by atoms with Gasteiger partial charge in [0, 0.05) is 17.8 Å². The first-order valence-electron chi connectivity index (χ1n) is 15.1. The summed E-state index contributed by atoms with van der Waals surface area (Å²) in [4.78, 5) is 28.5. The van der Waals surface area contributed by atoms with Crippen LogP contribution in [0.2, 0.25) is 0 Å². The molecule has 9 atom stereocenters. The summed E-state index contributed by atoms with van der Waals surface area (Å²) in [6.45, 7) is 12.4. The van der Waals surface area contributed by atoms with E-state index >= 15 is 0 Å². The van der Waals surface area contributed by atoms with Crippen molar-refractivity contribution in [3.05, 3.63) is 58.9 Å². The molecule has 2 bridgehead atoms. The Labute approximate surface area is 233 Å². The number of carbonyl (C=O) groups is 2. The van der Waals surface area contributed by atoms with E-state index in [1.807, 2.05) is 13.8 Å². The fourth-order valence-corrected chi connectivity index (χ4v) is 8.93. The van der Waals surface area contributed by atoms with E-state index in [2.05, 4.69) is 64.2 Å². The monoisotopic (exact) mass is 534 g/mol. The third-order valence-corrected chi connectivity index (χ3v) is 11.2. The fourth-order valence-electron chi connectivity index (χ4n) is 8.93. The van der Waals surface area contributed by atoms with E-state index in [1.54, 1.807) is 0 Å². The second kappa shape index (κ2) is 9.90. The third-order valence-electron chi connectivity index (χ3n) is 11.2. The van der Waals surface area contributed by atoms with E-state index < -0.39 is 28.5 Å². The van der Waals surface area contributed by atoms with Gasteiger partial charge < -0.3 is 14.9 Å². The number of ether oxygens (including phenoxy) is 1. The molecule has 1 heterocycles. The molecule has 5 aliphatic rings. The highest BCUT2D eigenvalue weighted by Gasteiger charge is 2.66. The van der Waals surface area contributed by atoms with Gasteiger partial charge in [0.1, 0.15) is 11.3 Å². The van der Waals surface area contributed by atoms with Crippen LogP contribution in [0, 0.1) is 40.4 Å². The highest BCUT2D eigenvalue weighted by Crippen LogP contribution is 2.60. The zero-order valence-electron chi connectivity index (χ0n) is 24.5. The molecule has 1 saturated heterocycles. The molecule has 2 fully saturated rings. The molecule has 5 heteroatoms. The van der Waals surface area contributed by atoms with Gasteiger partial charge >= 0.3 is 5.97 Å². The van der Waals surface area contributed by atoms with Crippen molar-refractivity contribution in [2.75, 3.05) is 0 Å². The maximum absolute atomic E-state index is 14.7. The van der Waals surface area contributed by atoms with Crippen LogP contribution in [0.15, 0.2) is 58.9 Å². The average molecular weight is 535 g/mol. The Hall–Kier alpha value is -2.40. The van der Waals surface area contributed by atoms with Gasteiger partial charge in [-0.3, -0.25) is 4.79 Å². The number of aliphatic hydroxyl groups excluding tert-OH is 2. The molecule has 0 aromatic rings. The number of fused-ring (bicyclic) bond motifs is 4. The second-order valence-electron chi connectivity index (χ2n) is 13.3. The molecule has 39 heavy (non-hydrogen) atoms. The highest BCUT2D eigenvalue weighted by molar-refractivity contribution is 6.26. The number of aliphatic hydroxyl groups is 2. The molecule has 1 spiro atoms. The van der Waals surface area contributed by atoms with Crippen LogP contribution in [0.4, 0.5) is 0 Å². The molecule has 1 saturated carbocycles.